The van der Waals surface area contributed by atoms with E-state index >= 15 is 0 Å². The minimum Gasteiger partial charge on any atom is -0.475 e. The molecule has 0 bridgehead atoms. The number of carboxylic acid groups (broad SMARTS) is 1. The summed E-state index contributed by atoms with van der Waals surface area (Å²) in [6, 6.07) is 2.94. The molecule has 0 aromatic carbocycles. The Labute approximate surface area is 75.2 Å². The Kier molecular flexibility index (Phi) is 2.92. The lowest BCUT2D eigenvalue weighted by Gasteiger charge is -2.13. The number of hydrogen-bond acceptors (Lipinski definition) is 4. The van der Waals surface area contributed by atoms with E-state index in [0.717, 1.165) is 0 Å². The topological polar surface area (TPSA) is 73.9 Å². The highest BCUT2D eigenvalue weighted by Crippen LogP contribution is 2.16. The first-order valence-corrected chi connectivity index (χ1v) is 3.80. The molecule has 0 fully saturated rings. The summed E-state index contributed by atoms with van der Waals surface area (Å²) < 4.78 is 4.97. The number of rotatable bonds is 4. The molecular weight excluding hydrogens is 174 g/mol. The van der Waals surface area contributed by atoms with E-state index in [4.69, 9.17) is 14.6 Å². The van der Waals surface area contributed by atoms with Gasteiger partial charge in [0.05, 0.1) is 6.61 Å². The Balaban J connectivity index is 2.73. The third-order valence-corrected chi connectivity index (χ3v) is 1.61. The monoisotopic (exact) mass is 185 g/mol. The van der Waals surface area contributed by atoms with Crippen molar-refractivity contribution in [1.82, 2.24) is 0 Å². The van der Waals surface area contributed by atoms with Crippen molar-refractivity contribution in [3.63, 3.8) is 0 Å². The number of furan rings is 1. The summed E-state index contributed by atoms with van der Waals surface area (Å²) in [5.41, 5.74) is 0. The molecule has 0 saturated carbocycles. The molecule has 1 rings (SSSR count). The summed E-state index contributed by atoms with van der Waals surface area (Å²) in [5.74, 6) is -0.755. The van der Waals surface area contributed by atoms with Crippen LogP contribution in [0.5, 0.6) is 0 Å². The molecule has 0 unspecified atom stereocenters. The van der Waals surface area contributed by atoms with Crippen molar-refractivity contribution in [3.05, 3.63) is 17.9 Å². The maximum Gasteiger partial charge on any atom is 0.371 e. The van der Waals surface area contributed by atoms with Crippen LogP contribution in [0.25, 0.3) is 0 Å². The van der Waals surface area contributed by atoms with E-state index in [1.54, 1.807) is 18.0 Å². The second-order valence-corrected chi connectivity index (χ2v) is 2.59. The molecule has 0 spiro atoms. The van der Waals surface area contributed by atoms with Crippen LogP contribution in [0.4, 0.5) is 5.88 Å². The first-order chi connectivity index (χ1) is 6.15. The zero-order chi connectivity index (χ0) is 9.84. The van der Waals surface area contributed by atoms with Gasteiger partial charge in [-0.1, -0.05) is 0 Å². The zero-order valence-electron chi connectivity index (χ0n) is 7.23. The zero-order valence-corrected chi connectivity index (χ0v) is 7.23. The van der Waals surface area contributed by atoms with Gasteiger partial charge in [-0.2, -0.15) is 0 Å². The highest BCUT2D eigenvalue weighted by Gasteiger charge is 2.10. The highest BCUT2D eigenvalue weighted by molar-refractivity contribution is 5.84. The van der Waals surface area contributed by atoms with Crippen LogP contribution in [-0.4, -0.2) is 36.4 Å². The highest BCUT2D eigenvalue weighted by atomic mass is 16.4. The van der Waals surface area contributed by atoms with Crippen molar-refractivity contribution in [2.24, 2.45) is 0 Å². The Morgan fingerprint density at radius 1 is 1.62 bits per heavy atom. The largest absolute Gasteiger partial charge is 0.475 e. The van der Waals surface area contributed by atoms with Gasteiger partial charge in [0.15, 0.2) is 5.88 Å². The minimum atomic E-state index is -1.09. The van der Waals surface area contributed by atoms with Gasteiger partial charge in [-0.25, -0.2) is 4.79 Å². The molecule has 72 valence electrons. The van der Waals surface area contributed by atoms with E-state index in [-0.39, 0.29) is 12.4 Å². The summed E-state index contributed by atoms with van der Waals surface area (Å²) >= 11 is 0. The van der Waals surface area contributed by atoms with Crippen LogP contribution in [0.3, 0.4) is 0 Å². The number of carboxylic acids is 1. The predicted octanol–water partition coefficient (Wildman–Crippen LogP) is 0.406. The van der Waals surface area contributed by atoms with Gasteiger partial charge in [0.25, 0.3) is 0 Å². The van der Waals surface area contributed by atoms with Gasteiger partial charge >= 0.3 is 5.97 Å². The number of aliphatic hydroxyl groups excluding tert-OH is 1. The van der Waals surface area contributed by atoms with E-state index in [1.165, 1.54) is 6.07 Å². The first-order valence-electron chi connectivity index (χ1n) is 3.80. The molecule has 5 heteroatoms. The van der Waals surface area contributed by atoms with E-state index in [0.29, 0.717) is 12.4 Å². The molecule has 0 aliphatic carbocycles. The fraction of sp³-hybridized carbons (Fsp3) is 0.375. The SMILES string of the molecule is CN(CCO)c1ccc(C(=O)O)o1. The summed E-state index contributed by atoms with van der Waals surface area (Å²) in [5, 5.41) is 17.2. The Hall–Kier alpha value is -1.49. The quantitative estimate of drug-likeness (QED) is 0.710. The Morgan fingerprint density at radius 2 is 2.31 bits per heavy atom. The van der Waals surface area contributed by atoms with Gasteiger partial charge < -0.3 is 19.5 Å². The van der Waals surface area contributed by atoms with Gasteiger partial charge in [-0.05, 0) is 6.07 Å². The number of likely N-dealkylation sites (N-methyl/N-ethyl adjacent to an activating group) is 1. The average molecular weight is 185 g/mol. The van der Waals surface area contributed by atoms with E-state index in [2.05, 4.69) is 0 Å². The Bertz CT molecular complexity index is 294. The van der Waals surface area contributed by atoms with Crippen molar-refractivity contribution < 1.29 is 19.4 Å². The van der Waals surface area contributed by atoms with Crippen molar-refractivity contribution in [2.75, 3.05) is 25.1 Å². The van der Waals surface area contributed by atoms with Crippen molar-refractivity contribution in [1.29, 1.82) is 0 Å². The fourth-order valence-electron chi connectivity index (χ4n) is 0.908. The molecule has 2 N–H and O–H groups in total. The summed E-state index contributed by atoms with van der Waals surface area (Å²) in [6.45, 7) is 0.409. The summed E-state index contributed by atoms with van der Waals surface area (Å²) in [4.78, 5) is 12.1. The number of aromatic carboxylic acids is 1. The number of nitrogens with zero attached hydrogens (tertiary/aromatic N) is 1. The maximum atomic E-state index is 10.4. The summed E-state index contributed by atoms with van der Waals surface area (Å²) in [6.07, 6.45) is 0. The molecule has 0 aliphatic heterocycles. The van der Waals surface area contributed by atoms with Crippen LogP contribution in [0.1, 0.15) is 10.6 Å². The fourth-order valence-corrected chi connectivity index (χ4v) is 0.908. The molecular formula is C8H11NO4. The number of aliphatic hydroxyl groups is 1. The molecule has 0 saturated heterocycles. The van der Waals surface area contributed by atoms with Gasteiger partial charge in [-0.15, -0.1) is 0 Å². The lowest BCUT2D eigenvalue weighted by atomic mass is 10.4. The van der Waals surface area contributed by atoms with Gasteiger partial charge in [-0.3, -0.25) is 0 Å². The normalized spacial score (nSPS) is 10.0. The van der Waals surface area contributed by atoms with Crippen LogP contribution in [0, 0.1) is 0 Å². The van der Waals surface area contributed by atoms with Crippen LogP contribution < -0.4 is 4.90 Å². The Morgan fingerprint density at radius 3 is 2.77 bits per heavy atom. The van der Waals surface area contributed by atoms with Crippen LogP contribution in [0.15, 0.2) is 16.5 Å². The lowest BCUT2D eigenvalue weighted by molar-refractivity contribution is 0.0663. The predicted molar refractivity (Wildman–Crippen MR) is 46.0 cm³/mol. The molecule has 0 radical (unpaired) electrons. The molecule has 1 aromatic rings. The van der Waals surface area contributed by atoms with E-state index < -0.39 is 5.97 Å². The lowest BCUT2D eigenvalue weighted by Crippen LogP contribution is -2.20. The second kappa shape index (κ2) is 3.95. The van der Waals surface area contributed by atoms with Crippen molar-refractivity contribution in [2.45, 2.75) is 0 Å². The molecule has 0 atom stereocenters. The molecule has 1 aromatic heterocycles. The third-order valence-electron chi connectivity index (χ3n) is 1.61. The smallest absolute Gasteiger partial charge is 0.371 e. The van der Waals surface area contributed by atoms with Gasteiger partial charge in [0, 0.05) is 19.7 Å². The van der Waals surface area contributed by atoms with Gasteiger partial charge in [0.2, 0.25) is 5.76 Å². The van der Waals surface area contributed by atoms with Crippen molar-refractivity contribution >= 4 is 11.9 Å². The first kappa shape index (κ1) is 9.60. The summed E-state index contributed by atoms with van der Waals surface area (Å²) in [7, 11) is 1.71. The van der Waals surface area contributed by atoms with Crippen LogP contribution in [0.2, 0.25) is 0 Å². The van der Waals surface area contributed by atoms with Crippen molar-refractivity contribution in [3.8, 4) is 0 Å². The molecule has 13 heavy (non-hydrogen) atoms. The van der Waals surface area contributed by atoms with Gasteiger partial charge in [0.1, 0.15) is 0 Å². The molecule has 5 nitrogen and oxygen atoms in total. The maximum absolute atomic E-state index is 10.4. The number of anilines is 1. The van der Waals surface area contributed by atoms with Crippen LogP contribution in [-0.2, 0) is 0 Å². The second-order valence-electron chi connectivity index (χ2n) is 2.59. The standard InChI is InChI=1S/C8H11NO4/c1-9(4-5-10)7-3-2-6(13-7)8(11)12/h2-3,10H,4-5H2,1H3,(H,11,12). The minimum absolute atomic E-state index is 0.000392. The number of carbonyl (C=O) groups is 1. The number of hydrogen-bond donors (Lipinski definition) is 2. The average Bonchev–Trinajstić information content (AvgIpc) is 2.52. The van der Waals surface area contributed by atoms with E-state index in [1.807, 2.05) is 0 Å². The third kappa shape index (κ3) is 2.22. The van der Waals surface area contributed by atoms with E-state index in [9.17, 15) is 4.79 Å². The molecule has 1 heterocycles. The molecule has 0 amide bonds. The van der Waals surface area contributed by atoms with Crippen LogP contribution >= 0.6 is 0 Å². The molecule has 0 aliphatic rings.